The molecule has 2 aliphatic carbocycles. The Kier molecular flexibility index (Phi) is 6.57. The van der Waals surface area contributed by atoms with Crippen LogP contribution in [0.15, 0.2) is 60.7 Å². The van der Waals surface area contributed by atoms with Crippen molar-refractivity contribution in [2.45, 2.75) is 37.6 Å². The van der Waals surface area contributed by atoms with Crippen molar-refractivity contribution < 1.29 is 24.2 Å². The summed E-state index contributed by atoms with van der Waals surface area (Å²) in [4.78, 5) is 39.0. The number of rotatable bonds is 7. The topological polar surface area (TPSA) is 95.9 Å². The van der Waals surface area contributed by atoms with Crippen molar-refractivity contribution in [1.82, 2.24) is 10.2 Å². The van der Waals surface area contributed by atoms with Crippen LogP contribution in [0.5, 0.6) is 0 Å². The second-order valence-electron chi connectivity index (χ2n) is 9.66. The average Bonchev–Trinajstić information content (AvgIpc) is 3.44. The van der Waals surface area contributed by atoms with Gasteiger partial charge in [0, 0.05) is 25.4 Å². The van der Waals surface area contributed by atoms with E-state index in [2.05, 4.69) is 29.6 Å². The lowest BCUT2D eigenvalue weighted by Crippen LogP contribution is -2.48. The SMILES string of the molecule is O=C(O)CCC(NC(=O)OCC1c2ccccc2-c2ccccc21)C(=O)N1CC2CC=CCC2C1. The number of nitrogens with zero attached hydrogens (tertiary/aromatic N) is 1. The fourth-order valence-electron chi connectivity index (χ4n) is 5.72. The van der Waals surface area contributed by atoms with Gasteiger partial charge >= 0.3 is 12.1 Å². The molecule has 0 saturated carbocycles. The Labute approximate surface area is 204 Å². The Balaban J connectivity index is 1.24. The Morgan fingerprint density at radius 2 is 1.51 bits per heavy atom. The summed E-state index contributed by atoms with van der Waals surface area (Å²) in [6, 6.07) is 15.2. The summed E-state index contributed by atoms with van der Waals surface area (Å²) in [5.41, 5.74) is 4.48. The lowest BCUT2D eigenvalue weighted by Gasteiger charge is -2.24. The maximum absolute atomic E-state index is 13.3. The summed E-state index contributed by atoms with van der Waals surface area (Å²) in [6.07, 6.45) is 5.35. The molecule has 182 valence electrons. The first-order valence-corrected chi connectivity index (χ1v) is 12.3. The van der Waals surface area contributed by atoms with Gasteiger partial charge in [0.25, 0.3) is 0 Å². The molecule has 2 aromatic carbocycles. The molecule has 0 spiro atoms. The molecule has 35 heavy (non-hydrogen) atoms. The molecule has 3 unspecified atom stereocenters. The van der Waals surface area contributed by atoms with Crippen LogP contribution in [-0.2, 0) is 14.3 Å². The molecule has 1 aliphatic heterocycles. The third-order valence-corrected chi connectivity index (χ3v) is 7.51. The van der Waals surface area contributed by atoms with Crippen molar-refractivity contribution in [2.75, 3.05) is 19.7 Å². The van der Waals surface area contributed by atoms with Gasteiger partial charge in [-0.25, -0.2) is 4.79 Å². The van der Waals surface area contributed by atoms with Gasteiger partial charge in [-0.2, -0.15) is 0 Å². The zero-order chi connectivity index (χ0) is 24.4. The number of ether oxygens (including phenoxy) is 1. The molecule has 3 aliphatic rings. The highest BCUT2D eigenvalue weighted by molar-refractivity contribution is 5.86. The number of carbonyl (C=O) groups is 3. The molecule has 0 radical (unpaired) electrons. The van der Waals surface area contributed by atoms with Crippen LogP contribution in [0.1, 0.15) is 42.7 Å². The minimum Gasteiger partial charge on any atom is -0.481 e. The van der Waals surface area contributed by atoms with Crippen LogP contribution in [0.4, 0.5) is 4.79 Å². The summed E-state index contributed by atoms with van der Waals surface area (Å²) in [5, 5.41) is 11.8. The average molecular weight is 475 g/mol. The van der Waals surface area contributed by atoms with Crippen molar-refractivity contribution in [1.29, 1.82) is 0 Å². The zero-order valence-corrected chi connectivity index (χ0v) is 19.6. The second-order valence-corrected chi connectivity index (χ2v) is 9.66. The number of fused-ring (bicyclic) bond motifs is 4. The number of hydrogen-bond donors (Lipinski definition) is 2. The molecular formula is C28H30N2O5. The lowest BCUT2D eigenvalue weighted by atomic mass is 9.86. The Bertz CT molecular complexity index is 1100. The summed E-state index contributed by atoms with van der Waals surface area (Å²) in [5.74, 6) is -0.460. The number of alkyl carbamates (subject to hydrolysis) is 1. The molecule has 1 heterocycles. The van der Waals surface area contributed by atoms with E-state index in [1.165, 1.54) is 0 Å². The van der Waals surface area contributed by atoms with Crippen LogP contribution in [0.3, 0.4) is 0 Å². The maximum atomic E-state index is 13.3. The quantitative estimate of drug-likeness (QED) is 0.587. The molecule has 5 rings (SSSR count). The third-order valence-electron chi connectivity index (χ3n) is 7.51. The third kappa shape index (κ3) is 4.81. The minimum atomic E-state index is -1.00. The monoisotopic (exact) mass is 474 g/mol. The van der Waals surface area contributed by atoms with Crippen molar-refractivity contribution in [3.05, 3.63) is 71.8 Å². The van der Waals surface area contributed by atoms with Gasteiger partial charge in [-0.3, -0.25) is 9.59 Å². The van der Waals surface area contributed by atoms with Gasteiger partial charge < -0.3 is 20.1 Å². The van der Waals surface area contributed by atoms with Gasteiger partial charge in [0.1, 0.15) is 12.6 Å². The smallest absolute Gasteiger partial charge is 0.407 e. The van der Waals surface area contributed by atoms with Crippen LogP contribution in [0.2, 0.25) is 0 Å². The molecule has 2 aromatic rings. The number of likely N-dealkylation sites (tertiary alicyclic amines) is 1. The number of carbonyl (C=O) groups excluding carboxylic acids is 2. The highest BCUT2D eigenvalue weighted by Gasteiger charge is 2.38. The second kappa shape index (κ2) is 9.94. The summed E-state index contributed by atoms with van der Waals surface area (Å²) in [7, 11) is 0. The van der Waals surface area contributed by atoms with Gasteiger partial charge in [-0.15, -0.1) is 0 Å². The number of aliphatic carboxylic acids is 1. The highest BCUT2D eigenvalue weighted by Crippen LogP contribution is 2.44. The fraction of sp³-hybridized carbons (Fsp3) is 0.393. The first kappa shape index (κ1) is 23.1. The van der Waals surface area contributed by atoms with Crippen LogP contribution < -0.4 is 5.32 Å². The Hall–Kier alpha value is -3.61. The summed E-state index contributed by atoms with van der Waals surface area (Å²) in [6.45, 7) is 1.42. The van der Waals surface area contributed by atoms with E-state index in [9.17, 15) is 14.4 Å². The van der Waals surface area contributed by atoms with Gasteiger partial charge in [-0.05, 0) is 53.4 Å². The molecule has 1 fully saturated rings. The van der Waals surface area contributed by atoms with Crippen LogP contribution in [0, 0.1) is 11.8 Å². The standard InChI is InChI=1S/C28H30N2O5/c31-26(32)14-13-25(27(33)30-15-18-7-1-2-8-19(18)16-30)29-28(34)35-17-24-22-11-5-3-9-20(22)21-10-4-6-12-23(21)24/h1-6,9-12,18-19,24-25H,7-8,13-17H2,(H,29,34)(H,31,32). The largest absolute Gasteiger partial charge is 0.481 e. The van der Waals surface area contributed by atoms with Gasteiger partial charge in [0.05, 0.1) is 0 Å². The van der Waals surface area contributed by atoms with E-state index in [1.807, 2.05) is 36.4 Å². The Morgan fingerprint density at radius 3 is 2.09 bits per heavy atom. The number of carboxylic acid groups (broad SMARTS) is 1. The molecule has 2 N–H and O–H groups in total. The van der Waals surface area contributed by atoms with Crippen molar-refractivity contribution in [3.63, 3.8) is 0 Å². The van der Waals surface area contributed by atoms with E-state index in [4.69, 9.17) is 9.84 Å². The van der Waals surface area contributed by atoms with E-state index in [-0.39, 0.29) is 31.3 Å². The van der Waals surface area contributed by atoms with E-state index in [0.717, 1.165) is 35.1 Å². The lowest BCUT2D eigenvalue weighted by molar-refractivity contribution is -0.137. The van der Waals surface area contributed by atoms with Crippen molar-refractivity contribution in [2.24, 2.45) is 11.8 Å². The fourth-order valence-corrected chi connectivity index (χ4v) is 5.72. The van der Waals surface area contributed by atoms with Crippen LogP contribution >= 0.6 is 0 Å². The zero-order valence-electron chi connectivity index (χ0n) is 19.6. The molecule has 1 saturated heterocycles. The van der Waals surface area contributed by atoms with Gasteiger partial charge in [0.15, 0.2) is 0 Å². The number of nitrogens with one attached hydrogen (secondary N) is 1. The van der Waals surface area contributed by atoms with E-state index >= 15 is 0 Å². The maximum Gasteiger partial charge on any atom is 0.407 e. The predicted octanol–water partition coefficient (Wildman–Crippen LogP) is 4.18. The minimum absolute atomic E-state index is 0.0302. The first-order valence-electron chi connectivity index (χ1n) is 12.3. The van der Waals surface area contributed by atoms with Gasteiger partial charge in [0.2, 0.25) is 5.91 Å². The highest BCUT2D eigenvalue weighted by atomic mass is 16.5. The molecule has 7 nitrogen and oxygen atoms in total. The predicted molar refractivity (Wildman–Crippen MR) is 131 cm³/mol. The van der Waals surface area contributed by atoms with Crippen LogP contribution in [-0.4, -0.2) is 53.7 Å². The summed E-state index contributed by atoms with van der Waals surface area (Å²) >= 11 is 0. The molecule has 2 amide bonds. The summed E-state index contributed by atoms with van der Waals surface area (Å²) < 4.78 is 5.61. The van der Waals surface area contributed by atoms with E-state index < -0.39 is 18.1 Å². The van der Waals surface area contributed by atoms with E-state index in [1.54, 1.807) is 4.90 Å². The van der Waals surface area contributed by atoms with Crippen molar-refractivity contribution in [3.8, 4) is 11.1 Å². The molecular weight excluding hydrogens is 444 g/mol. The molecule has 0 bridgehead atoms. The number of amides is 2. The Morgan fingerprint density at radius 1 is 0.943 bits per heavy atom. The molecule has 0 aromatic heterocycles. The normalized spacial score (nSPS) is 21.1. The van der Waals surface area contributed by atoms with E-state index in [0.29, 0.717) is 24.9 Å². The van der Waals surface area contributed by atoms with Crippen LogP contribution in [0.25, 0.3) is 11.1 Å². The molecule has 3 atom stereocenters. The number of benzene rings is 2. The number of carboxylic acids is 1. The first-order chi connectivity index (χ1) is 17.0. The van der Waals surface area contributed by atoms with Crippen molar-refractivity contribution >= 4 is 18.0 Å². The molecule has 7 heteroatoms. The number of hydrogen-bond acceptors (Lipinski definition) is 4. The number of allylic oxidation sites excluding steroid dienone is 2. The van der Waals surface area contributed by atoms with Gasteiger partial charge in [-0.1, -0.05) is 60.7 Å².